The lowest BCUT2D eigenvalue weighted by atomic mass is 10.0. The minimum absolute atomic E-state index is 0.194. The van der Waals surface area contributed by atoms with Crippen LogP contribution in [0.3, 0.4) is 0 Å². The van der Waals surface area contributed by atoms with Gasteiger partial charge in [-0.2, -0.15) is 0 Å². The zero-order valence-corrected chi connectivity index (χ0v) is 13.8. The van der Waals surface area contributed by atoms with Crippen LogP contribution >= 0.6 is 0 Å². The van der Waals surface area contributed by atoms with E-state index in [1.54, 1.807) is 20.8 Å². The van der Waals surface area contributed by atoms with E-state index < -0.39 is 30.2 Å². The summed E-state index contributed by atoms with van der Waals surface area (Å²) < 4.78 is 33.8. The Kier molecular flexibility index (Phi) is 5.24. The number of nitrogens with zero attached hydrogens (tertiary/aromatic N) is 1. The van der Waals surface area contributed by atoms with Crippen molar-refractivity contribution in [3.05, 3.63) is 35.9 Å². The summed E-state index contributed by atoms with van der Waals surface area (Å²) in [5.41, 5.74) is 0.271. The molecule has 1 atom stereocenters. The molecule has 0 saturated carbocycles. The summed E-state index contributed by atoms with van der Waals surface area (Å²) in [6.45, 7) is 5.19. The van der Waals surface area contributed by atoms with Gasteiger partial charge < -0.3 is 15.0 Å². The first-order valence-corrected chi connectivity index (χ1v) is 7.80. The average molecular weight is 326 g/mol. The van der Waals surface area contributed by atoms with Crippen LogP contribution in [0, 0.1) is 0 Å². The number of rotatable bonds is 3. The largest absolute Gasteiger partial charge is 0.444 e. The van der Waals surface area contributed by atoms with Gasteiger partial charge in [0.05, 0.1) is 12.6 Å². The number of amides is 1. The van der Waals surface area contributed by atoms with Crippen LogP contribution in [-0.4, -0.2) is 41.6 Å². The molecule has 6 heteroatoms. The maximum absolute atomic E-state index is 14.3. The van der Waals surface area contributed by atoms with Crippen molar-refractivity contribution >= 4 is 6.09 Å². The summed E-state index contributed by atoms with van der Waals surface area (Å²) in [7, 11) is 0. The fourth-order valence-electron chi connectivity index (χ4n) is 2.51. The molecule has 0 bridgehead atoms. The van der Waals surface area contributed by atoms with Crippen molar-refractivity contribution in [1.82, 2.24) is 10.2 Å². The highest BCUT2D eigenvalue weighted by atomic mass is 19.3. The Labute approximate surface area is 135 Å². The standard InChI is InChI=1S/C17H24F2N2O2/c1-16(2,3)23-15(22)21-10-9-14(17(18,19)12-21)20-11-13-7-5-4-6-8-13/h4-8,14,20H,9-12H2,1-3H3. The molecular formula is C17H24F2N2O2. The highest BCUT2D eigenvalue weighted by molar-refractivity contribution is 5.68. The Bertz CT molecular complexity index is 529. The Morgan fingerprint density at radius 2 is 2.00 bits per heavy atom. The van der Waals surface area contributed by atoms with Crippen LogP contribution in [0.4, 0.5) is 13.6 Å². The number of hydrogen-bond acceptors (Lipinski definition) is 3. The second-order valence-corrected chi connectivity index (χ2v) is 6.87. The normalized spacial score (nSPS) is 21.1. The molecule has 1 amide bonds. The van der Waals surface area contributed by atoms with Crippen LogP contribution in [0.2, 0.25) is 0 Å². The lowest BCUT2D eigenvalue weighted by Crippen LogP contribution is -2.58. The van der Waals surface area contributed by atoms with Crippen molar-refractivity contribution in [2.24, 2.45) is 0 Å². The lowest BCUT2D eigenvalue weighted by molar-refractivity contribution is -0.0918. The van der Waals surface area contributed by atoms with E-state index in [1.807, 2.05) is 30.3 Å². The van der Waals surface area contributed by atoms with Crippen LogP contribution < -0.4 is 5.32 Å². The third-order valence-electron chi connectivity index (χ3n) is 3.65. The zero-order valence-electron chi connectivity index (χ0n) is 13.8. The SMILES string of the molecule is CC(C)(C)OC(=O)N1CCC(NCc2ccccc2)C(F)(F)C1. The Balaban J connectivity index is 1.91. The molecule has 1 heterocycles. The quantitative estimate of drug-likeness (QED) is 0.925. The van der Waals surface area contributed by atoms with Gasteiger partial charge in [-0.05, 0) is 32.8 Å². The lowest BCUT2D eigenvalue weighted by Gasteiger charge is -2.39. The molecule has 1 fully saturated rings. The molecule has 4 nitrogen and oxygen atoms in total. The summed E-state index contributed by atoms with van der Waals surface area (Å²) in [6, 6.07) is 8.47. The molecule has 1 aliphatic rings. The first-order chi connectivity index (χ1) is 10.7. The maximum atomic E-state index is 14.3. The van der Waals surface area contributed by atoms with Gasteiger partial charge in [-0.3, -0.25) is 0 Å². The number of ether oxygens (including phenoxy) is 1. The van der Waals surface area contributed by atoms with Gasteiger partial charge in [-0.15, -0.1) is 0 Å². The van der Waals surface area contributed by atoms with Crippen molar-refractivity contribution < 1.29 is 18.3 Å². The Morgan fingerprint density at radius 3 is 2.57 bits per heavy atom. The van der Waals surface area contributed by atoms with Crippen LogP contribution in [-0.2, 0) is 11.3 Å². The molecule has 1 N–H and O–H groups in total. The molecule has 0 aliphatic carbocycles. The Hall–Kier alpha value is -1.69. The molecule has 1 unspecified atom stereocenters. The number of likely N-dealkylation sites (tertiary alicyclic amines) is 1. The molecular weight excluding hydrogens is 302 g/mol. The average Bonchev–Trinajstić information content (AvgIpc) is 2.44. The van der Waals surface area contributed by atoms with E-state index in [0.717, 1.165) is 10.5 Å². The molecule has 0 aromatic heterocycles. The topological polar surface area (TPSA) is 41.6 Å². The van der Waals surface area contributed by atoms with Gasteiger partial charge in [0.15, 0.2) is 0 Å². The van der Waals surface area contributed by atoms with Crippen LogP contribution in [0.15, 0.2) is 30.3 Å². The van der Waals surface area contributed by atoms with Gasteiger partial charge in [0.25, 0.3) is 5.92 Å². The van der Waals surface area contributed by atoms with E-state index >= 15 is 0 Å². The van der Waals surface area contributed by atoms with Gasteiger partial charge in [-0.1, -0.05) is 30.3 Å². The van der Waals surface area contributed by atoms with Gasteiger partial charge in [0, 0.05) is 13.1 Å². The van der Waals surface area contributed by atoms with E-state index in [4.69, 9.17) is 4.74 Å². The molecule has 1 aromatic carbocycles. The van der Waals surface area contributed by atoms with Crippen molar-refractivity contribution in [3.8, 4) is 0 Å². The number of hydrogen-bond donors (Lipinski definition) is 1. The molecule has 1 aliphatic heterocycles. The molecule has 1 saturated heterocycles. The highest BCUT2D eigenvalue weighted by Gasteiger charge is 2.46. The first-order valence-electron chi connectivity index (χ1n) is 7.80. The number of carbonyl (C=O) groups is 1. The number of carbonyl (C=O) groups excluding carboxylic acids is 1. The first kappa shape index (κ1) is 17.7. The van der Waals surface area contributed by atoms with Crippen molar-refractivity contribution in [3.63, 3.8) is 0 Å². The van der Waals surface area contributed by atoms with E-state index in [9.17, 15) is 13.6 Å². The highest BCUT2D eigenvalue weighted by Crippen LogP contribution is 2.28. The number of benzene rings is 1. The number of piperidine rings is 1. The number of halogens is 2. The molecule has 0 radical (unpaired) electrons. The minimum atomic E-state index is -2.98. The summed E-state index contributed by atoms with van der Waals surface area (Å²) in [6.07, 6.45) is -0.488. The molecule has 23 heavy (non-hydrogen) atoms. The third kappa shape index (κ3) is 5.16. The van der Waals surface area contributed by atoms with Crippen LogP contribution in [0.5, 0.6) is 0 Å². The summed E-state index contributed by atoms with van der Waals surface area (Å²) >= 11 is 0. The fourth-order valence-corrected chi connectivity index (χ4v) is 2.51. The smallest absolute Gasteiger partial charge is 0.410 e. The zero-order chi connectivity index (χ0) is 17.1. The van der Waals surface area contributed by atoms with E-state index in [1.165, 1.54) is 0 Å². The van der Waals surface area contributed by atoms with Crippen LogP contribution in [0.1, 0.15) is 32.8 Å². The van der Waals surface area contributed by atoms with Crippen molar-refractivity contribution in [1.29, 1.82) is 0 Å². The summed E-state index contributed by atoms with van der Waals surface area (Å²) in [5.74, 6) is -2.98. The van der Waals surface area contributed by atoms with Gasteiger partial charge in [0.1, 0.15) is 5.60 Å². The summed E-state index contributed by atoms with van der Waals surface area (Å²) in [4.78, 5) is 13.0. The molecule has 0 spiro atoms. The minimum Gasteiger partial charge on any atom is -0.444 e. The van der Waals surface area contributed by atoms with Gasteiger partial charge in [-0.25, -0.2) is 13.6 Å². The van der Waals surface area contributed by atoms with Crippen molar-refractivity contribution in [2.75, 3.05) is 13.1 Å². The predicted molar refractivity (Wildman–Crippen MR) is 84.4 cm³/mol. The Morgan fingerprint density at radius 1 is 1.35 bits per heavy atom. The maximum Gasteiger partial charge on any atom is 0.410 e. The van der Waals surface area contributed by atoms with E-state index in [0.29, 0.717) is 6.54 Å². The summed E-state index contributed by atoms with van der Waals surface area (Å²) in [5, 5.41) is 2.91. The molecule has 128 valence electrons. The predicted octanol–water partition coefficient (Wildman–Crippen LogP) is 3.42. The van der Waals surface area contributed by atoms with Crippen LogP contribution in [0.25, 0.3) is 0 Å². The monoisotopic (exact) mass is 326 g/mol. The number of nitrogens with one attached hydrogen (secondary N) is 1. The number of alkyl halides is 2. The van der Waals surface area contributed by atoms with Crippen molar-refractivity contribution in [2.45, 2.75) is 51.3 Å². The fraction of sp³-hybridized carbons (Fsp3) is 0.588. The van der Waals surface area contributed by atoms with Gasteiger partial charge in [0.2, 0.25) is 0 Å². The van der Waals surface area contributed by atoms with Gasteiger partial charge >= 0.3 is 6.09 Å². The third-order valence-corrected chi connectivity index (χ3v) is 3.65. The second-order valence-electron chi connectivity index (χ2n) is 6.87. The van der Waals surface area contributed by atoms with E-state index in [2.05, 4.69) is 5.32 Å². The second kappa shape index (κ2) is 6.83. The molecule has 1 aromatic rings. The molecule has 2 rings (SSSR count). The van der Waals surface area contributed by atoms with E-state index in [-0.39, 0.29) is 13.0 Å².